The Hall–Kier alpha value is -2.83. The molecule has 7 heteroatoms. The highest BCUT2D eigenvalue weighted by molar-refractivity contribution is 5.94. The average Bonchev–Trinajstić information content (AvgIpc) is 3.07. The summed E-state index contributed by atoms with van der Waals surface area (Å²) in [4.78, 5) is 25.5. The van der Waals surface area contributed by atoms with E-state index in [-0.39, 0.29) is 24.8 Å². The van der Waals surface area contributed by atoms with Gasteiger partial charge in [-0.25, -0.2) is 0 Å². The van der Waals surface area contributed by atoms with E-state index in [0.717, 1.165) is 0 Å². The third-order valence-corrected chi connectivity index (χ3v) is 3.27. The summed E-state index contributed by atoms with van der Waals surface area (Å²) in [6.07, 6.45) is 1.67. The van der Waals surface area contributed by atoms with Gasteiger partial charge in [0.1, 0.15) is 17.7 Å². The SMILES string of the molecule is COc1cccc(C(=O)NCCC(=O)N(C)Cc2ccon2)c1. The molecule has 2 aromatic rings. The van der Waals surface area contributed by atoms with Gasteiger partial charge in [0.2, 0.25) is 5.91 Å². The minimum absolute atomic E-state index is 0.0843. The Kier molecular flexibility index (Phi) is 5.74. The van der Waals surface area contributed by atoms with E-state index in [4.69, 9.17) is 9.26 Å². The number of methoxy groups -OCH3 is 1. The molecule has 1 N–H and O–H groups in total. The van der Waals surface area contributed by atoms with Crippen LogP contribution in [0.2, 0.25) is 0 Å². The zero-order valence-electron chi connectivity index (χ0n) is 13.1. The van der Waals surface area contributed by atoms with Gasteiger partial charge in [0.05, 0.1) is 13.7 Å². The molecule has 122 valence electrons. The molecule has 7 nitrogen and oxygen atoms in total. The first kappa shape index (κ1) is 16.5. The van der Waals surface area contributed by atoms with E-state index >= 15 is 0 Å². The van der Waals surface area contributed by atoms with Gasteiger partial charge in [-0.15, -0.1) is 0 Å². The van der Waals surface area contributed by atoms with Gasteiger partial charge >= 0.3 is 0 Å². The number of rotatable bonds is 7. The first-order valence-electron chi connectivity index (χ1n) is 7.15. The number of nitrogens with one attached hydrogen (secondary N) is 1. The number of hydrogen-bond acceptors (Lipinski definition) is 5. The molecular weight excluding hydrogens is 298 g/mol. The fourth-order valence-electron chi connectivity index (χ4n) is 1.99. The highest BCUT2D eigenvalue weighted by Crippen LogP contribution is 2.12. The van der Waals surface area contributed by atoms with Crippen LogP contribution < -0.4 is 10.1 Å². The summed E-state index contributed by atoms with van der Waals surface area (Å²) in [5.41, 5.74) is 1.18. The summed E-state index contributed by atoms with van der Waals surface area (Å²) in [6.45, 7) is 0.636. The molecule has 2 amide bonds. The fourth-order valence-corrected chi connectivity index (χ4v) is 1.99. The van der Waals surface area contributed by atoms with Crippen LogP contribution in [-0.2, 0) is 11.3 Å². The first-order valence-corrected chi connectivity index (χ1v) is 7.15. The molecule has 0 aliphatic rings. The van der Waals surface area contributed by atoms with Gasteiger partial charge < -0.3 is 19.5 Å². The molecule has 0 aliphatic carbocycles. The summed E-state index contributed by atoms with van der Waals surface area (Å²) in [6, 6.07) is 8.54. The van der Waals surface area contributed by atoms with Gasteiger partial charge in [-0.2, -0.15) is 0 Å². The van der Waals surface area contributed by atoms with Crippen molar-refractivity contribution in [1.82, 2.24) is 15.4 Å². The summed E-state index contributed by atoms with van der Waals surface area (Å²) in [5, 5.41) is 6.47. The average molecular weight is 317 g/mol. The van der Waals surface area contributed by atoms with Crippen LogP contribution in [0.4, 0.5) is 0 Å². The molecule has 0 unspecified atom stereocenters. The Morgan fingerprint density at radius 2 is 2.17 bits per heavy atom. The maximum Gasteiger partial charge on any atom is 0.251 e. The van der Waals surface area contributed by atoms with E-state index in [1.165, 1.54) is 11.2 Å². The van der Waals surface area contributed by atoms with E-state index in [1.807, 2.05) is 0 Å². The van der Waals surface area contributed by atoms with Crippen LogP contribution >= 0.6 is 0 Å². The Bertz CT molecular complexity index is 655. The molecular formula is C16H19N3O4. The van der Waals surface area contributed by atoms with Crippen molar-refractivity contribution < 1.29 is 18.8 Å². The largest absolute Gasteiger partial charge is 0.497 e. The summed E-state index contributed by atoms with van der Waals surface area (Å²) in [7, 11) is 3.22. The minimum atomic E-state index is -0.240. The van der Waals surface area contributed by atoms with E-state index < -0.39 is 0 Å². The van der Waals surface area contributed by atoms with Gasteiger partial charge in [0.25, 0.3) is 5.91 Å². The number of nitrogens with zero attached hydrogens (tertiary/aromatic N) is 2. The molecule has 0 spiro atoms. The predicted octanol–water partition coefficient (Wildman–Crippen LogP) is 1.46. The lowest BCUT2D eigenvalue weighted by Crippen LogP contribution is -2.31. The molecule has 0 fully saturated rings. The second-order valence-electron chi connectivity index (χ2n) is 4.98. The van der Waals surface area contributed by atoms with Crippen molar-refractivity contribution in [2.75, 3.05) is 20.7 Å². The minimum Gasteiger partial charge on any atom is -0.497 e. The molecule has 0 saturated carbocycles. The van der Waals surface area contributed by atoms with Crippen molar-refractivity contribution in [3.63, 3.8) is 0 Å². The van der Waals surface area contributed by atoms with Crippen molar-refractivity contribution in [3.8, 4) is 5.75 Å². The van der Waals surface area contributed by atoms with Crippen molar-refractivity contribution >= 4 is 11.8 Å². The van der Waals surface area contributed by atoms with Gasteiger partial charge in [-0.3, -0.25) is 9.59 Å². The highest BCUT2D eigenvalue weighted by Gasteiger charge is 2.12. The maximum atomic E-state index is 12.0. The van der Waals surface area contributed by atoms with Crippen molar-refractivity contribution in [2.45, 2.75) is 13.0 Å². The molecule has 0 aliphatic heterocycles. The monoisotopic (exact) mass is 317 g/mol. The zero-order chi connectivity index (χ0) is 16.7. The van der Waals surface area contributed by atoms with Crippen LogP contribution in [-0.4, -0.2) is 42.6 Å². The predicted molar refractivity (Wildman–Crippen MR) is 82.9 cm³/mol. The number of amides is 2. The molecule has 1 aromatic carbocycles. The van der Waals surface area contributed by atoms with E-state index in [2.05, 4.69) is 10.5 Å². The number of carbonyl (C=O) groups excluding carboxylic acids is 2. The van der Waals surface area contributed by atoms with Crippen LogP contribution in [0, 0.1) is 0 Å². The van der Waals surface area contributed by atoms with E-state index in [1.54, 1.807) is 44.5 Å². The lowest BCUT2D eigenvalue weighted by Gasteiger charge is -2.15. The molecule has 0 bridgehead atoms. The topological polar surface area (TPSA) is 84.7 Å². The normalized spacial score (nSPS) is 10.2. The lowest BCUT2D eigenvalue weighted by atomic mass is 10.2. The zero-order valence-corrected chi connectivity index (χ0v) is 13.1. The number of aromatic nitrogens is 1. The van der Waals surface area contributed by atoms with E-state index in [9.17, 15) is 9.59 Å². The Morgan fingerprint density at radius 1 is 1.35 bits per heavy atom. The number of carbonyl (C=O) groups is 2. The fraction of sp³-hybridized carbons (Fsp3) is 0.312. The Labute approximate surface area is 134 Å². The van der Waals surface area contributed by atoms with Gasteiger partial charge in [0, 0.05) is 31.6 Å². The van der Waals surface area contributed by atoms with Crippen molar-refractivity contribution in [1.29, 1.82) is 0 Å². The summed E-state index contributed by atoms with van der Waals surface area (Å²) in [5.74, 6) is 0.288. The van der Waals surface area contributed by atoms with Crippen molar-refractivity contribution in [2.24, 2.45) is 0 Å². The smallest absolute Gasteiger partial charge is 0.251 e. The Morgan fingerprint density at radius 3 is 2.87 bits per heavy atom. The number of benzene rings is 1. The lowest BCUT2D eigenvalue weighted by molar-refractivity contribution is -0.130. The van der Waals surface area contributed by atoms with Crippen LogP contribution in [0.5, 0.6) is 5.75 Å². The van der Waals surface area contributed by atoms with Gasteiger partial charge in [0.15, 0.2) is 0 Å². The molecule has 2 rings (SSSR count). The van der Waals surface area contributed by atoms with Crippen LogP contribution in [0.1, 0.15) is 22.5 Å². The van der Waals surface area contributed by atoms with Crippen LogP contribution in [0.25, 0.3) is 0 Å². The second kappa shape index (κ2) is 7.98. The number of hydrogen-bond donors (Lipinski definition) is 1. The highest BCUT2D eigenvalue weighted by atomic mass is 16.5. The first-order chi connectivity index (χ1) is 11.1. The summed E-state index contributed by atoms with van der Waals surface area (Å²) >= 11 is 0. The van der Waals surface area contributed by atoms with Crippen LogP contribution in [0.3, 0.4) is 0 Å². The molecule has 0 saturated heterocycles. The van der Waals surface area contributed by atoms with Gasteiger partial charge in [-0.05, 0) is 18.2 Å². The van der Waals surface area contributed by atoms with Gasteiger partial charge in [-0.1, -0.05) is 11.2 Å². The Balaban J connectivity index is 1.77. The van der Waals surface area contributed by atoms with E-state index in [0.29, 0.717) is 23.6 Å². The maximum absolute atomic E-state index is 12.0. The van der Waals surface area contributed by atoms with Crippen LogP contribution in [0.15, 0.2) is 41.1 Å². The number of ether oxygens (including phenoxy) is 1. The molecule has 0 atom stereocenters. The molecule has 23 heavy (non-hydrogen) atoms. The molecule has 0 radical (unpaired) electrons. The quantitative estimate of drug-likeness (QED) is 0.836. The third-order valence-electron chi connectivity index (χ3n) is 3.27. The molecule has 1 aromatic heterocycles. The second-order valence-corrected chi connectivity index (χ2v) is 4.98. The third kappa shape index (κ3) is 4.84. The summed E-state index contributed by atoms with van der Waals surface area (Å²) < 4.78 is 9.80. The standard InChI is InChI=1S/C16H19N3O4/c1-19(11-13-7-9-23-18-13)15(20)6-8-17-16(21)12-4-3-5-14(10-12)22-2/h3-5,7,9-10H,6,8,11H2,1-2H3,(H,17,21). The van der Waals surface area contributed by atoms with Crippen molar-refractivity contribution in [3.05, 3.63) is 47.9 Å². The molecule has 1 heterocycles.